The fourth-order valence-corrected chi connectivity index (χ4v) is 3.75. The van der Waals surface area contributed by atoms with Crippen LogP contribution in [0.3, 0.4) is 0 Å². The molecule has 0 spiro atoms. The monoisotopic (exact) mass is 383 g/mol. The van der Waals surface area contributed by atoms with Gasteiger partial charge in [-0.1, -0.05) is 18.2 Å². The van der Waals surface area contributed by atoms with E-state index in [-0.39, 0.29) is 29.6 Å². The third-order valence-electron chi connectivity index (χ3n) is 5.30. The van der Waals surface area contributed by atoms with Gasteiger partial charge in [-0.2, -0.15) is 13.2 Å². The van der Waals surface area contributed by atoms with Crippen LogP contribution in [0.1, 0.15) is 36.3 Å². The van der Waals surface area contributed by atoms with E-state index in [0.29, 0.717) is 38.2 Å². The van der Waals surface area contributed by atoms with Gasteiger partial charge in [-0.3, -0.25) is 9.59 Å². The Morgan fingerprint density at radius 3 is 2.78 bits per heavy atom. The van der Waals surface area contributed by atoms with E-state index in [4.69, 9.17) is 5.73 Å². The maximum atomic E-state index is 12.9. The Labute approximate surface area is 156 Å². The smallest absolute Gasteiger partial charge is 0.355 e. The second kappa shape index (κ2) is 7.88. The van der Waals surface area contributed by atoms with Crippen LogP contribution >= 0.6 is 0 Å². The molecule has 27 heavy (non-hydrogen) atoms. The number of hydrogen-bond donors (Lipinski definition) is 2. The number of nitrogens with two attached hydrogens (primary N) is 1. The summed E-state index contributed by atoms with van der Waals surface area (Å²) in [5.74, 6) is -0.873. The number of nitrogens with zero attached hydrogens (tertiary/aromatic N) is 1. The van der Waals surface area contributed by atoms with Crippen molar-refractivity contribution in [2.75, 3.05) is 26.2 Å². The third-order valence-corrected chi connectivity index (χ3v) is 5.30. The fourth-order valence-electron chi connectivity index (χ4n) is 3.75. The van der Waals surface area contributed by atoms with Crippen LogP contribution in [0.4, 0.5) is 13.2 Å². The van der Waals surface area contributed by atoms with Crippen LogP contribution < -0.4 is 11.1 Å². The van der Waals surface area contributed by atoms with Gasteiger partial charge < -0.3 is 16.0 Å². The van der Waals surface area contributed by atoms with Crippen molar-refractivity contribution in [1.82, 2.24) is 10.2 Å². The molecule has 0 aromatic heterocycles. The van der Waals surface area contributed by atoms with Crippen LogP contribution in [0.5, 0.6) is 0 Å². The summed E-state index contributed by atoms with van der Waals surface area (Å²) < 4.78 is 38.7. The lowest BCUT2D eigenvalue weighted by molar-refractivity contribution is -0.138. The average molecular weight is 383 g/mol. The molecule has 0 radical (unpaired) electrons. The zero-order chi connectivity index (χ0) is 19.6. The van der Waals surface area contributed by atoms with Gasteiger partial charge in [0.2, 0.25) is 11.8 Å². The van der Waals surface area contributed by atoms with E-state index in [2.05, 4.69) is 5.32 Å². The first-order valence-corrected chi connectivity index (χ1v) is 9.25. The average Bonchev–Trinajstić information content (AvgIpc) is 3.46. The van der Waals surface area contributed by atoms with E-state index < -0.39 is 11.7 Å². The SMILES string of the molecule is NCCNC(=O)C1CCCN(C(=O)C2CC2c2cccc(C(F)(F)F)c2)C1. The summed E-state index contributed by atoms with van der Waals surface area (Å²) in [6, 6.07) is 5.21. The first kappa shape index (κ1) is 19.7. The largest absolute Gasteiger partial charge is 0.416 e. The minimum atomic E-state index is -4.39. The van der Waals surface area contributed by atoms with Crippen LogP contribution in [0.25, 0.3) is 0 Å². The zero-order valence-electron chi connectivity index (χ0n) is 15.0. The summed E-state index contributed by atoms with van der Waals surface area (Å²) in [7, 11) is 0. The highest BCUT2D eigenvalue weighted by Crippen LogP contribution is 2.49. The molecule has 8 heteroatoms. The molecule has 3 N–H and O–H groups in total. The molecule has 1 aliphatic carbocycles. The van der Waals surface area contributed by atoms with Crippen molar-refractivity contribution in [3.63, 3.8) is 0 Å². The number of carbonyl (C=O) groups excluding carboxylic acids is 2. The summed E-state index contributed by atoms with van der Waals surface area (Å²) in [4.78, 5) is 26.6. The van der Waals surface area contributed by atoms with Gasteiger partial charge in [-0.05, 0) is 36.8 Å². The van der Waals surface area contributed by atoms with Crippen LogP contribution in [-0.2, 0) is 15.8 Å². The molecule has 0 bridgehead atoms. The zero-order valence-corrected chi connectivity index (χ0v) is 15.0. The van der Waals surface area contributed by atoms with E-state index in [1.54, 1.807) is 11.0 Å². The number of amides is 2. The van der Waals surface area contributed by atoms with Crippen LogP contribution in [0, 0.1) is 11.8 Å². The van der Waals surface area contributed by atoms with Crippen molar-refractivity contribution in [2.45, 2.75) is 31.4 Å². The lowest BCUT2D eigenvalue weighted by Crippen LogP contribution is -2.46. The molecule has 1 aliphatic heterocycles. The summed E-state index contributed by atoms with van der Waals surface area (Å²) >= 11 is 0. The molecule has 1 aromatic rings. The highest BCUT2D eigenvalue weighted by Gasteiger charge is 2.47. The van der Waals surface area contributed by atoms with Gasteiger partial charge in [0.05, 0.1) is 11.5 Å². The Morgan fingerprint density at radius 1 is 1.30 bits per heavy atom. The molecule has 1 aromatic carbocycles. The molecule has 1 saturated carbocycles. The first-order valence-electron chi connectivity index (χ1n) is 9.25. The Balaban J connectivity index is 1.60. The van der Waals surface area contributed by atoms with E-state index in [0.717, 1.165) is 25.0 Å². The maximum absolute atomic E-state index is 12.9. The molecule has 1 heterocycles. The van der Waals surface area contributed by atoms with Crippen molar-refractivity contribution < 1.29 is 22.8 Å². The Bertz CT molecular complexity index is 708. The lowest BCUT2D eigenvalue weighted by Gasteiger charge is -2.32. The molecule has 1 saturated heterocycles. The van der Waals surface area contributed by atoms with Gasteiger partial charge in [0, 0.05) is 32.1 Å². The molecule has 3 unspecified atom stereocenters. The highest BCUT2D eigenvalue weighted by molar-refractivity contribution is 5.85. The van der Waals surface area contributed by atoms with E-state index in [1.807, 2.05) is 0 Å². The molecular formula is C19H24F3N3O2. The van der Waals surface area contributed by atoms with Crippen molar-refractivity contribution in [3.8, 4) is 0 Å². The standard InChI is InChI=1S/C19H24F3N3O2/c20-19(21,22)14-5-1-3-12(9-14)15-10-16(15)18(27)25-8-2-4-13(11-25)17(26)24-7-6-23/h1,3,5,9,13,15-16H,2,4,6-8,10-11,23H2,(H,24,26). The van der Waals surface area contributed by atoms with E-state index >= 15 is 0 Å². The summed E-state index contributed by atoms with van der Waals surface area (Å²) in [5.41, 5.74) is 5.25. The minimum Gasteiger partial charge on any atom is -0.355 e. The highest BCUT2D eigenvalue weighted by atomic mass is 19.4. The predicted octanol–water partition coefficient (Wildman–Crippen LogP) is 2.12. The van der Waals surface area contributed by atoms with Crippen molar-refractivity contribution >= 4 is 11.8 Å². The molecule has 2 aliphatic rings. The van der Waals surface area contributed by atoms with Gasteiger partial charge >= 0.3 is 6.18 Å². The Hall–Kier alpha value is -2.09. The van der Waals surface area contributed by atoms with Gasteiger partial charge in [-0.25, -0.2) is 0 Å². The molecule has 5 nitrogen and oxygen atoms in total. The number of likely N-dealkylation sites (tertiary alicyclic amines) is 1. The summed E-state index contributed by atoms with van der Waals surface area (Å²) in [5, 5.41) is 2.75. The second-order valence-corrected chi connectivity index (χ2v) is 7.28. The Kier molecular flexibility index (Phi) is 5.74. The van der Waals surface area contributed by atoms with Crippen molar-refractivity contribution in [3.05, 3.63) is 35.4 Å². The third kappa shape index (κ3) is 4.61. The minimum absolute atomic E-state index is 0.0614. The van der Waals surface area contributed by atoms with Crippen LogP contribution in [0.2, 0.25) is 0 Å². The van der Waals surface area contributed by atoms with Gasteiger partial charge in [0.25, 0.3) is 0 Å². The summed E-state index contributed by atoms with van der Waals surface area (Å²) in [6.45, 7) is 1.72. The topological polar surface area (TPSA) is 75.4 Å². The van der Waals surface area contributed by atoms with Crippen LogP contribution in [0.15, 0.2) is 24.3 Å². The van der Waals surface area contributed by atoms with Gasteiger partial charge in [0.1, 0.15) is 0 Å². The normalized spacial score (nSPS) is 25.2. The quantitative estimate of drug-likeness (QED) is 0.818. The number of hydrogen-bond acceptors (Lipinski definition) is 3. The van der Waals surface area contributed by atoms with Crippen LogP contribution in [-0.4, -0.2) is 42.9 Å². The van der Waals surface area contributed by atoms with E-state index in [9.17, 15) is 22.8 Å². The van der Waals surface area contributed by atoms with Gasteiger partial charge in [-0.15, -0.1) is 0 Å². The first-order chi connectivity index (χ1) is 12.8. The summed E-state index contributed by atoms with van der Waals surface area (Å²) in [6.07, 6.45) is -2.36. The molecule has 3 rings (SSSR count). The molecule has 3 atom stereocenters. The lowest BCUT2D eigenvalue weighted by atomic mass is 9.96. The van der Waals surface area contributed by atoms with Crippen molar-refractivity contribution in [1.29, 1.82) is 0 Å². The fraction of sp³-hybridized carbons (Fsp3) is 0.579. The van der Waals surface area contributed by atoms with Crippen molar-refractivity contribution in [2.24, 2.45) is 17.6 Å². The van der Waals surface area contributed by atoms with Gasteiger partial charge in [0.15, 0.2) is 0 Å². The predicted molar refractivity (Wildman–Crippen MR) is 93.7 cm³/mol. The molecular weight excluding hydrogens is 359 g/mol. The molecule has 2 fully saturated rings. The molecule has 148 valence electrons. The number of alkyl halides is 3. The maximum Gasteiger partial charge on any atom is 0.416 e. The Morgan fingerprint density at radius 2 is 2.07 bits per heavy atom. The number of piperidine rings is 1. The number of carbonyl (C=O) groups is 2. The van der Waals surface area contributed by atoms with E-state index in [1.165, 1.54) is 6.07 Å². The number of nitrogens with one attached hydrogen (secondary N) is 1. The molecule has 2 amide bonds. The number of halogens is 3. The number of benzene rings is 1. The second-order valence-electron chi connectivity index (χ2n) is 7.28. The number of rotatable bonds is 5.